The van der Waals surface area contributed by atoms with Crippen LogP contribution < -0.4 is 10.3 Å². The van der Waals surface area contributed by atoms with Crippen molar-refractivity contribution in [2.24, 2.45) is 0 Å². The Morgan fingerprint density at radius 1 is 1.12 bits per heavy atom. The number of hydrogen-bond acceptors (Lipinski definition) is 3. The van der Waals surface area contributed by atoms with E-state index in [9.17, 15) is 10.1 Å². The predicted molar refractivity (Wildman–Crippen MR) is 98.8 cm³/mol. The molecule has 0 radical (unpaired) electrons. The zero-order valence-corrected chi connectivity index (χ0v) is 14.3. The Bertz CT molecular complexity index is 1020. The average Bonchev–Trinajstić information content (AvgIpc) is 2.62. The molecule has 124 valence electrons. The van der Waals surface area contributed by atoms with Crippen LogP contribution in [0, 0.1) is 11.3 Å². The smallest absolute Gasteiger partial charge is 0.266 e. The maximum Gasteiger partial charge on any atom is 0.266 e. The topological polar surface area (TPSA) is 65.9 Å². The summed E-state index contributed by atoms with van der Waals surface area (Å²) < 4.78 is 5.64. The minimum atomic E-state index is -0.443. The SMILES string of the molecule is CCOc1ccccc1-c1cc(-c2cccc(Cl)c2)c(C#N)c(=O)[nH]1. The molecule has 0 saturated heterocycles. The van der Waals surface area contributed by atoms with Crippen molar-refractivity contribution in [2.45, 2.75) is 6.92 Å². The van der Waals surface area contributed by atoms with Crippen LogP contribution in [0.15, 0.2) is 59.4 Å². The van der Waals surface area contributed by atoms with Gasteiger partial charge >= 0.3 is 0 Å². The number of H-pyrrole nitrogens is 1. The molecule has 0 bridgehead atoms. The number of rotatable bonds is 4. The number of para-hydroxylation sites is 1. The van der Waals surface area contributed by atoms with Gasteiger partial charge in [0.2, 0.25) is 0 Å². The Morgan fingerprint density at radius 3 is 2.64 bits per heavy atom. The lowest BCUT2D eigenvalue weighted by molar-refractivity contribution is 0.341. The molecule has 0 aliphatic carbocycles. The number of aromatic amines is 1. The van der Waals surface area contributed by atoms with E-state index in [2.05, 4.69) is 4.98 Å². The lowest BCUT2D eigenvalue weighted by atomic mass is 9.99. The van der Waals surface area contributed by atoms with E-state index >= 15 is 0 Å². The van der Waals surface area contributed by atoms with Crippen molar-refractivity contribution in [3.05, 3.63) is 75.5 Å². The van der Waals surface area contributed by atoms with Crippen LogP contribution in [0.4, 0.5) is 0 Å². The highest BCUT2D eigenvalue weighted by molar-refractivity contribution is 6.30. The van der Waals surface area contributed by atoms with Crippen LogP contribution in [0.25, 0.3) is 22.4 Å². The van der Waals surface area contributed by atoms with Crippen molar-refractivity contribution in [1.29, 1.82) is 5.26 Å². The molecule has 0 amide bonds. The fourth-order valence-corrected chi connectivity index (χ4v) is 2.86. The molecule has 5 heteroatoms. The molecule has 0 fully saturated rings. The zero-order chi connectivity index (χ0) is 17.8. The molecule has 0 saturated carbocycles. The molecule has 1 aromatic heterocycles. The quantitative estimate of drug-likeness (QED) is 0.745. The van der Waals surface area contributed by atoms with Crippen LogP contribution in [0.1, 0.15) is 12.5 Å². The van der Waals surface area contributed by atoms with E-state index in [1.54, 1.807) is 24.3 Å². The molecular formula is C20H15ClN2O2. The number of nitrogens with one attached hydrogen (secondary N) is 1. The van der Waals surface area contributed by atoms with Crippen LogP contribution in [0.5, 0.6) is 5.75 Å². The van der Waals surface area contributed by atoms with E-state index in [1.807, 2.05) is 43.3 Å². The fraction of sp³-hybridized carbons (Fsp3) is 0.100. The molecular weight excluding hydrogens is 336 g/mol. The minimum Gasteiger partial charge on any atom is -0.493 e. The summed E-state index contributed by atoms with van der Waals surface area (Å²) in [5, 5.41) is 9.94. The summed E-state index contributed by atoms with van der Waals surface area (Å²) in [5.74, 6) is 0.669. The standard InChI is InChI=1S/C20H15ClN2O2/c1-2-25-19-9-4-3-8-15(19)18-11-16(17(12-22)20(24)23-18)13-6-5-7-14(21)10-13/h3-11H,2H2,1H3,(H,23,24). The summed E-state index contributed by atoms with van der Waals surface area (Å²) in [6.45, 7) is 2.41. The van der Waals surface area contributed by atoms with Crippen molar-refractivity contribution < 1.29 is 4.74 Å². The van der Waals surface area contributed by atoms with Gasteiger partial charge in [0.1, 0.15) is 17.4 Å². The van der Waals surface area contributed by atoms with E-state index in [1.165, 1.54) is 0 Å². The van der Waals surface area contributed by atoms with Gasteiger partial charge in [-0.2, -0.15) is 5.26 Å². The summed E-state index contributed by atoms with van der Waals surface area (Å²) >= 11 is 6.06. The first-order valence-corrected chi connectivity index (χ1v) is 8.17. The number of ether oxygens (including phenoxy) is 1. The normalized spacial score (nSPS) is 10.3. The largest absolute Gasteiger partial charge is 0.493 e. The van der Waals surface area contributed by atoms with Gasteiger partial charge in [0.15, 0.2) is 0 Å². The van der Waals surface area contributed by atoms with Crippen molar-refractivity contribution >= 4 is 11.6 Å². The van der Waals surface area contributed by atoms with Crippen LogP contribution in [-0.4, -0.2) is 11.6 Å². The molecule has 2 aromatic carbocycles. The third kappa shape index (κ3) is 3.42. The molecule has 0 spiro atoms. The molecule has 1 N–H and O–H groups in total. The first-order valence-electron chi connectivity index (χ1n) is 7.79. The Morgan fingerprint density at radius 2 is 1.92 bits per heavy atom. The van der Waals surface area contributed by atoms with Crippen molar-refractivity contribution in [3.63, 3.8) is 0 Å². The summed E-state index contributed by atoms with van der Waals surface area (Å²) in [4.78, 5) is 15.2. The van der Waals surface area contributed by atoms with Crippen LogP contribution in [0.2, 0.25) is 5.02 Å². The Hall–Kier alpha value is -3.03. The molecule has 0 unspecified atom stereocenters. The highest BCUT2D eigenvalue weighted by Gasteiger charge is 2.14. The number of hydrogen-bond donors (Lipinski definition) is 1. The Labute approximate surface area is 150 Å². The monoisotopic (exact) mass is 350 g/mol. The number of nitrogens with zero attached hydrogens (tertiary/aromatic N) is 1. The van der Waals surface area contributed by atoms with Gasteiger partial charge in [0, 0.05) is 16.1 Å². The number of aromatic nitrogens is 1. The van der Waals surface area contributed by atoms with Crippen LogP contribution >= 0.6 is 11.6 Å². The third-order valence-electron chi connectivity index (χ3n) is 3.76. The fourth-order valence-electron chi connectivity index (χ4n) is 2.67. The number of benzene rings is 2. The van der Waals surface area contributed by atoms with E-state index < -0.39 is 5.56 Å². The maximum atomic E-state index is 12.4. The number of pyridine rings is 1. The first-order chi connectivity index (χ1) is 12.1. The molecule has 0 atom stereocenters. The first kappa shape index (κ1) is 16.8. The van der Waals surface area contributed by atoms with Gasteiger partial charge in [-0.1, -0.05) is 35.9 Å². The van der Waals surface area contributed by atoms with Crippen LogP contribution in [-0.2, 0) is 0 Å². The minimum absolute atomic E-state index is 0.0555. The summed E-state index contributed by atoms with van der Waals surface area (Å²) in [6, 6.07) is 18.3. The lowest BCUT2D eigenvalue weighted by Crippen LogP contribution is -2.13. The van der Waals surface area contributed by atoms with Gasteiger partial charge in [0.25, 0.3) is 5.56 Å². The lowest BCUT2D eigenvalue weighted by Gasteiger charge is -2.12. The summed E-state index contributed by atoms with van der Waals surface area (Å²) in [5.41, 5.74) is 2.21. The van der Waals surface area contributed by atoms with Crippen molar-refractivity contribution in [3.8, 4) is 34.2 Å². The molecule has 1 heterocycles. The second-order valence-electron chi connectivity index (χ2n) is 5.35. The van der Waals surface area contributed by atoms with E-state index in [4.69, 9.17) is 16.3 Å². The van der Waals surface area contributed by atoms with E-state index in [0.717, 1.165) is 5.56 Å². The molecule has 0 aliphatic rings. The van der Waals surface area contributed by atoms with Crippen LogP contribution in [0.3, 0.4) is 0 Å². The van der Waals surface area contributed by atoms with Gasteiger partial charge in [-0.05, 0) is 42.8 Å². The van der Waals surface area contributed by atoms with Gasteiger partial charge < -0.3 is 9.72 Å². The average molecular weight is 351 g/mol. The Balaban J connectivity index is 2.25. The molecule has 3 aromatic rings. The van der Waals surface area contributed by atoms with Gasteiger partial charge in [0.05, 0.1) is 12.3 Å². The zero-order valence-electron chi connectivity index (χ0n) is 13.5. The van der Waals surface area contributed by atoms with Gasteiger partial charge in [-0.3, -0.25) is 4.79 Å². The summed E-state index contributed by atoms with van der Waals surface area (Å²) in [6.07, 6.45) is 0. The van der Waals surface area contributed by atoms with Crippen molar-refractivity contribution in [2.75, 3.05) is 6.61 Å². The highest BCUT2D eigenvalue weighted by atomic mass is 35.5. The second kappa shape index (κ2) is 7.25. The predicted octanol–water partition coefficient (Wildman–Crippen LogP) is 4.63. The third-order valence-corrected chi connectivity index (χ3v) is 3.99. The molecule has 25 heavy (non-hydrogen) atoms. The van der Waals surface area contributed by atoms with Crippen molar-refractivity contribution in [1.82, 2.24) is 4.98 Å². The highest BCUT2D eigenvalue weighted by Crippen LogP contribution is 2.32. The maximum absolute atomic E-state index is 12.4. The van der Waals surface area contributed by atoms with Gasteiger partial charge in [-0.15, -0.1) is 0 Å². The van der Waals surface area contributed by atoms with E-state index in [-0.39, 0.29) is 5.56 Å². The number of halogens is 1. The summed E-state index contributed by atoms with van der Waals surface area (Å²) in [7, 11) is 0. The second-order valence-corrected chi connectivity index (χ2v) is 5.79. The van der Waals surface area contributed by atoms with Gasteiger partial charge in [-0.25, -0.2) is 0 Å². The molecule has 4 nitrogen and oxygen atoms in total. The molecule has 3 rings (SSSR count). The Kier molecular flexibility index (Phi) is 4.87. The molecule has 0 aliphatic heterocycles. The number of nitriles is 1. The van der Waals surface area contributed by atoms with E-state index in [0.29, 0.717) is 34.2 Å².